The van der Waals surface area contributed by atoms with Crippen molar-refractivity contribution in [3.05, 3.63) is 47.0 Å². The van der Waals surface area contributed by atoms with Gasteiger partial charge < -0.3 is 10.0 Å². The number of benzene rings is 2. The molecule has 2 fully saturated rings. The minimum Gasteiger partial charge on any atom is -0.388 e. The van der Waals surface area contributed by atoms with Crippen molar-refractivity contribution >= 4 is 10.8 Å². The van der Waals surface area contributed by atoms with E-state index in [0.717, 1.165) is 46.5 Å². The van der Waals surface area contributed by atoms with Gasteiger partial charge in [-0.15, -0.1) is 0 Å². The molecule has 1 aliphatic carbocycles. The van der Waals surface area contributed by atoms with Crippen molar-refractivity contribution in [1.29, 1.82) is 5.26 Å². The second kappa shape index (κ2) is 7.39. The van der Waals surface area contributed by atoms with Crippen molar-refractivity contribution in [2.75, 3.05) is 13.1 Å². The first kappa shape index (κ1) is 17.5. The summed E-state index contributed by atoms with van der Waals surface area (Å²) in [6.45, 7) is 4.22. The number of rotatable bonds is 3. The lowest BCUT2D eigenvalue weighted by atomic mass is 9.86. The Kier molecular flexibility index (Phi) is 4.98. The van der Waals surface area contributed by atoms with Gasteiger partial charge in [-0.2, -0.15) is 5.26 Å². The summed E-state index contributed by atoms with van der Waals surface area (Å²) < 4.78 is 0. The highest BCUT2D eigenvalue weighted by molar-refractivity contribution is 5.88. The molecule has 0 amide bonds. The lowest BCUT2D eigenvalue weighted by Crippen LogP contribution is -2.43. The molecule has 0 spiro atoms. The molecule has 3 heteroatoms. The number of fused-ring (bicyclic) bond motifs is 1. The molecular weight excluding hydrogens is 320 g/mol. The van der Waals surface area contributed by atoms with Gasteiger partial charge in [0.05, 0.1) is 17.7 Å². The summed E-state index contributed by atoms with van der Waals surface area (Å²) in [5, 5.41) is 22.5. The molecule has 0 radical (unpaired) electrons. The van der Waals surface area contributed by atoms with Crippen LogP contribution in [-0.2, 0) is 0 Å². The normalized spacial score (nSPS) is 23.2. The Bertz CT molecular complexity index is 832. The lowest BCUT2D eigenvalue weighted by Gasteiger charge is -2.38. The summed E-state index contributed by atoms with van der Waals surface area (Å²) >= 11 is 0. The molecule has 1 saturated carbocycles. The highest BCUT2D eigenvalue weighted by atomic mass is 16.3. The smallest absolute Gasteiger partial charge is 0.0994 e. The third-order valence-electron chi connectivity index (χ3n) is 6.55. The van der Waals surface area contributed by atoms with Gasteiger partial charge in [-0.05, 0) is 73.2 Å². The summed E-state index contributed by atoms with van der Waals surface area (Å²) in [6, 6.07) is 13.1. The van der Waals surface area contributed by atoms with Gasteiger partial charge >= 0.3 is 0 Å². The van der Waals surface area contributed by atoms with E-state index in [2.05, 4.69) is 29.2 Å². The fraction of sp³-hybridized carbons (Fsp3) is 0.522. The predicted octanol–water partition coefficient (Wildman–Crippen LogP) is 4.71. The zero-order chi connectivity index (χ0) is 18.1. The predicted molar refractivity (Wildman–Crippen MR) is 105 cm³/mol. The van der Waals surface area contributed by atoms with E-state index in [1.54, 1.807) is 0 Å². The molecule has 136 valence electrons. The van der Waals surface area contributed by atoms with Gasteiger partial charge in [-0.3, -0.25) is 0 Å². The minimum atomic E-state index is -0.403. The fourth-order valence-electron chi connectivity index (χ4n) is 4.98. The van der Waals surface area contributed by atoms with Gasteiger partial charge in [0.15, 0.2) is 0 Å². The highest BCUT2D eigenvalue weighted by Crippen LogP contribution is 2.35. The van der Waals surface area contributed by atoms with Crippen LogP contribution in [0.4, 0.5) is 0 Å². The first-order valence-electron chi connectivity index (χ1n) is 10.0. The van der Waals surface area contributed by atoms with E-state index in [1.807, 2.05) is 19.1 Å². The molecule has 1 N–H and O–H groups in total. The number of nitriles is 1. The standard InChI is InChI=1S/C23H28N2O/c1-16-19(14-24)9-8-17-13-18(10-11-22(16)17)23(26)20-5-4-12-25(15-20)21-6-2-3-7-21/h8-11,13,20-21,23,26H,2-7,12,15H2,1H3. The van der Waals surface area contributed by atoms with Crippen LogP contribution in [-0.4, -0.2) is 29.1 Å². The second-order valence-electron chi connectivity index (χ2n) is 8.11. The van der Waals surface area contributed by atoms with Crippen molar-refractivity contribution in [3.63, 3.8) is 0 Å². The minimum absolute atomic E-state index is 0.321. The first-order valence-corrected chi connectivity index (χ1v) is 10.0. The number of hydrogen-bond acceptors (Lipinski definition) is 3. The number of aliphatic hydroxyl groups is 1. The molecule has 0 aromatic heterocycles. The highest BCUT2D eigenvalue weighted by Gasteiger charge is 2.31. The Morgan fingerprint density at radius 2 is 1.92 bits per heavy atom. The monoisotopic (exact) mass is 348 g/mol. The Balaban J connectivity index is 1.55. The molecule has 2 unspecified atom stereocenters. The van der Waals surface area contributed by atoms with Gasteiger partial charge in [0.1, 0.15) is 0 Å². The van der Waals surface area contributed by atoms with Crippen LogP contribution in [0.15, 0.2) is 30.3 Å². The average Bonchev–Trinajstić information content (AvgIpc) is 3.22. The number of likely N-dealkylation sites (tertiary alicyclic amines) is 1. The van der Waals surface area contributed by atoms with E-state index in [4.69, 9.17) is 0 Å². The van der Waals surface area contributed by atoms with Gasteiger partial charge in [0.25, 0.3) is 0 Å². The fourth-order valence-corrected chi connectivity index (χ4v) is 4.98. The van der Waals surface area contributed by atoms with Crippen molar-refractivity contribution in [2.45, 2.75) is 57.6 Å². The van der Waals surface area contributed by atoms with Crippen LogP contribution < -0.4 is 0 Å². The average molecular weight is 348 g/mol. The van der Waals surface area contributed by atoms with Crippen molar-refractivity contribution in [1.82, 2.24) is 4.90 Å². The summed E-state index contributed by atoms with van der Waals surface area (Å²) in [7, 11) is 0. The Labute approximate surface area is 156 Å². The summed E-state index contributed by atoms with van der Waals surface area (Å²) in [6.07, 6.45) is 7.29. The molecule has 1 aliphatic heterocycles. The zero-order valence-electron chi connectivity index (χ0n) is 15.6. The lowest BCUT2D eigenvalue weighted by molar-refractivity contribution is 0.0345. The topological polar surface area (TPSA) is 47.3 Å². The molecule has 1 heterocycles. The number of aliphatic hydroxyl groups excluding tert-OH is 1. The largest absolute Gasteiger partial charge is 0.388 e. The Morgan fingerprint density at radius 3 is 2.69 bits per heavy atom. The number of nitrogens with zero attached hydrogens (tertiary/aromatic N) is 2. The molecule has 1 saturated heterocycles. The molecule has 3 nitrogen and oxygen atoms in total. The number of hydrogen-bond donors (Lipinski definition) is 1. The molecule has 4 rings (SSSR count). The SMILES string of the molecule is Cc1c(C#N)ccc2cc(C(O)C3CCCN(C4CCCC4)C3)ccc12. The van der Waals surface area contributed by atoms with Gasteiger partial charge in [-0.1, -0.05) is 31.0 Å². The van der Waals surface area contributed by atoms with Crippen LogP contribution in [0.1, 0.15) is 61.3 Å². The Hall–Kier alpha value is -1.89. The van der Waals surface area contributed by atoms with Gasteiger partial charge in [0, 0.05) is 18.5 Å². The maximum atomic E-state index is 11.1. The van der Waals surface area contributed by atoms with Crippen LogP contribution >= 0.6 is 0 Å². The van der Waals surface area contributed by atoms with Crippen LogP contribution in [0.25, 0.3) is 10.8 Å². The van der Waals surface area contributed by atoms with E-state index in [0.29, 0.717) is 5.92 Å². The second-order valence-corrected chi connectivity index (χ2v) is 8.11. The summed E-state index contributed by atoms with van der Waals surface area (Å²) in [4.78, 5) is 2.63. The molecule has 2 aromatic rings. The maximum Gasteiger partial charge on any atom is 0.0994 e. The van der Waals surface area contributed by atoms with E-state index in [9.17, 15) is 10.4 Å². The Morgan fingerprint density at radius 1 is 1.12 bits per heavy atom. The molecular formula is C23H28N2O. The van der Waals surface area contributed by atoms with Crippen molar-refractivity contribution in [2.24, 2.45) is 5.92 Å². The van der Waals surface area contributed by atoms with E-state index in [1.165, 1.54) is 38.6 Å². The first-order chi connectivity index (χ1) is 12.7. The van der Waals surface area contributed by atoms with E-state index < -0.39 is 6.10 Å². The molecule has 26 heavy (non-hydrogen) atoms. The van der Waals surface area contributed by atoms with Crippen LogP contribution in [0.2, 0.25) is 0 Å². The van der Waals surface area contributed by atoms with Crippen LogP contribution in [0.5, 0.6) is 0 Å². The van der Waals surface area contributed by atoms with E-state index >= 15 is 0 Å². The zero-order valence-corrected chi connectivity index (χ0v) is 15.6. The van der Waals surface area contributed by atoms with Crippen LogP contribution in [0.3, 0.4) is 0 Å². The van der Waals surface area contributed by atoms with Gasteiger partial charge in [-0.25, -0.2) is 0 Å². The number of aryl methyl sites for hydroxylation is 1. The molecule has 0 bridgehead atoms. The molecule has 2 atom stereocenters. The van der Waals surface area contributed by atoms with Crippen LogP contribution in [0, 0.1) is 24.2 Å². The maximum absolute atomic E-state index is 11.1. The summed E-state index contributed by atoms with van der Waals surface area (Å²) in [5.74, 6) is 0.321. The van der Waals surface area contributed by atoms with Crippen molar-refractivity contribution in [3.8, 4) is 6.07 Å². The molecule has 2 aromatic carbocycles. The molecule has 2 aliphatic rings. The van der Waals surface area contributed by atoms with Crippen molar-refractivity contribution < 1.29 is 5.11 Å². The third-order valence-corrected chi connectivity index (χ3v) is 6.55. The summed E-state index contributed by atoms with van der Waals surface area (Å²) in [5.41, 5.74) is 2.77. The number of piperidine rings is 1. The van der Waals surface area contributed by atoms with Gasteiger partial charge in [0.2, 0.25) is 0 Å². The quantitative estimate of drug-likeness (QED) is 0.874. The van der Waals surface area contributed by atoms with E-state index in [-0.39, 0.29) is 0 Å². The third kappa shape index (κ3) is 3.24.